The normalized spacial score (nSPS) is 21.4. The summed E-state index contributed by atoms with van der Waals surface area (Å²) < 4.78 is 1.72. The van der Waals surface area contributed by atoms with Gasteiger partial charge in [0.05, 0.1) is 23.9 Å². The summed E-state index contributed by atoms with van der Waals surface area (Å²) in [4.78, 5) is 12.8. The Bertz CT molecular complexity index is 878. The molecule has 1 aliphatic carbocycles. The molecule has 0 radical (unpaired) electrons. The number of aliphatic hydroxyl groups is 1. The fourth-order valence-electron chi connectivity index (χ4n) is 3.32. The Labute approximate surface area is 138 Å². The van der Waals surface area contributed by atoms with Crippen molar-refractivity contribution in [3.63, 3.8) is 0 Å². The quantitative estimate of drug-likeness (QED) is 0.678. The molecule has 1 atom stereocenters. The fourth-order valence-corrected chi connectivity index (χ4v) is 3.32. The Hall–Kier alpha value is -2.67. The molecular formula is C17H19N5O2. The zero-order valence-corrected chi connectivity index (χ0v) is 13.3. The largest absolute Gasteiger partial charge is 0.393 e. The van der Waals surface area contributed by atoms with Crippen molar-refractivity contribution in [2.45, 2.75) is 25.0 Å². The van der Waals surface area contributed by atoms with Crippen LogP contribution in [0.4, 0.5) is 0 Å². The lowest BCUT2D eigenvalue weighted by molar-refractivity contribution is 0.0235. The number of amides is 1. The molecule has 1 aliphatic rings. The Balaban J connectivity index is 1.61. The van der Waals surface area contributed by atoms with Crippen LogP contribution in [-0.2, 0) is 7.05 Å². The maximum atomic E-state index is 12.8. The van der Waals surface area contributed by atoms with Crippen LogP contribution in [-0.4, -0.2) is 37.1 Å². The van der Waals surface area contributed by atoms with Gasteiger partial charge in [0.1, 0.15) is 0 Å². The van der Waals surface area contributed by atoms with E-state index in [1.165, 1.54) is 0 Å². The molecule has 0 bridgehead atoms. The number of benzene rings is 1. The topological polar surface area (TPSA) is 95.8 Å². The van der Waals surface area contributed by atoms with Gasteiger partial charge in [-0.1, -0.05) is 18.2 Å². The van der Waals surface area contributed by atoms with E-state index in [1.54, 1.807) is 10.9 Å². The van der Waals surface area contributed by atoms with Crippen molar-refractivity contribution in [1.29, 1.82) is 0 Å². The summed E-state index contributed by atoms with van der Waals surface area (Å²) in [6.45, 7) is 0. The van der Waals surface area contributed by atoms with E-state index < -0.39 is 0 Å². The van der Waals surface area contributed by atoms with Crippen molar-refractivity contribution in [1.82, 2.24) is 25.3 Å². The molecule has 0 aliphatic heterocycles. The molecule has 1 aromatic carbocycles. The van der Waals surface area contributed by atoms with Crippen LogP contribution in [0.3, 0.4) is 0 Å². The van der Waals surface area contributed by atoms with E-state index in [4.69, 9.17) is 0 Å². The summed E-state index contributed by atoms with van der Waals surface area (Å²) in [6.07, 6.45) is 4.75. The van der Waals surface area contributed by atoms with Gasteiger partial charge in [0.15, 0.2) is 5.69 Å². The number of H-pyrrole nitrogens is 1. The molecule has 1 amide bonds. The molecule has 0 unspecified atom stereocenters. The minimum Gasteiger partial charge on any atom is -0.393 e. The van der Waals surface area contributed by atoms with Crippen LogP contribution < -0.4 is 5.32 Å². The second-order valence-corrected chi connectivity index (χ2v) is 6.40. The van der Waals surface area contributed by atoms with Crippen molar-refractivity contribution < 1.29 is 9.90 Å². The molecule has 1 saturated carbocycles. The molecule has 2 aromatic heterocycles. The molecule has 2 heterocycles. The molecule has 1 fully saturated rings. The van der Waals surface area contributed by atoms with Crippen LogP contribution in [0.2, 0.25) is 0 Å². The second kappa shape index (κ2) is 5.76. The van der Waals surface area contributed by atoms with Gasteiger partial charge in [-0.25, -0.2) is 0 Å². The van der Waals surface area contributed by atoms with Gasteiger partial charge in [-0.3, -0.25) is 14.6 Å². The van der Waals surface area contributed by atoms with Gasteiger partial charge < -0.3 is 10.4 Å². The SMILES string of the molecule is Cn1cc([C@H](NC(=O)c2n[nH]c3ccccc23)C2CC(O)C2)cn1. The van der Waals surface area contributed by atoms with Crippen LogP contribution >= 0.6 is 0 Å². The fraction of sp³-hybridized carbons (Fsp3) is 0.353. The zero-order valence-electron chi connectivity index (χ0n) is 13.3. The highest BCUT2D eigenvalue weighted by Crippen LogP contribution is 2.38. The summed E-state index contributed by atoms with van der Waals surface area (Å²) in [6, 6.07) is 7.37. The van der Waals surface area contributed by atoms with E-state index in [2.05, 4.69) is 20.6 Å². The molecule has 7 heteroatoms. The monoisotopic (exact) mass is 325 g/mol. The predicted octanol–water partition coefficient (Wildman–Crippen LogP) is 1.54. The number of para-hydroxylation sites is 1. The van der Waals surface area contributed by atoms with Crippen molar-refractivity contribution in [2.24, 2.45) is 13.0 Å². The molecule has 0 saturated heterocycles. The van der Waals surface area contributed by atoms with Crippen LogP contribution in [0.1, 0.15) is 34.9 Å². The highest BCUT2D eigenvalue weighted by molar-refractivity contribution is 6.04. The number of aryl methyl sites for hydroxylation is 1. The lowest BCUT2D eigenvalue weighted by Crippen LogP contribution is -2.41. The number of rotatable bonds is 4. The van der Waals surface area contributed by atoms with Crippen LogP contribution in [0, 0.1) is 5.92 Å². The molecule has 3 N–H and O–H groups in total. The number of carbonyl (C=O) groups is 1. The molecule has 0 spiro atoms. The maximum Gasteiger partial charge on any atom is 0.272 e. The average molecular weight is 325 g/mol. The summed E-state index contributed by atoms with van der Waals surface area (Å²) in [5.41, 5.74) is 2.17. The highest BCUT2D eigenvalue weighted by atomic mass is 16.3. The van der Waals surface area contributed by atoms with Crippen molar-refractivity contribution >= 4 is 16.8 Å². The Morgan fingerprint density at radius 3 is 2.92 bits per heavy atom. The lowest BCUT2D eigenvalue weighted by Gasteiger charge is -2.37. The number of hydrogen-bond acceptors (Lipinski definition) is 4. The smallest absolute Gasteiger partial charge is 0.272 e. The predicted molar refractivity (Wildman–Crippen MR) is 88.2 cm³/mol. The number of carbonyl (C=O) groups excluding carboxylic acids is 1. The van der Waals surface area contributed by atoms with Gasteiger partial charge in [0.25, 0.3) is 5.91 Å². The summed E-state index contributed by atoms with van der Waals surface area (Å²) in [5.74, 6) is -0.0129. The third-order valence-corrected chi connectivity index (χ3v) is 4.68. The number of aliphatic hydroxyl groups excluding tert-OH is 1. The number of aromatic amines is 1. The van der Waals surface area contributed by atoms with E-state index in [0.29, 0.717) is 18.5 Å². The molecule has 4 rings (SSSR count). The molecule has 7 nitrogen and oxygen atoms in total. The van der Waals surface area contributed by atoms with Gasteiger partial charge in [-0.2, -0.15) is 10.2 Å². The minimum atomic E-state index is -0.280. The number of fused-ring (bicyclic) bond motifs is 1. The third-order valence-electron chi connectivity index (χ3n) is 4.68. The van der Waals surface area contributed by atoms with Crippen molar-refractivity contribution in [2.75, 3.05) is 0 Å². The van der Waals surface area contributed by atoms with Crippen molar-refractivity contribution in [3.8, 4) is 0 Å². The van der Waals surface area contributed by atoms with E-state index >= 15 is 0 Å². The summed E-state index contributed by atoms with van der Waals surface area (Å²) in [7, 11) is 1.85. The van der Waals surface area contributed by atoms with Crippen LogP contribution in [0.5, 0.6) is 0 Å². The number of nitrogens with one attached hydrogen (secondary N) is 2. The standard InChI is InChI=1S/C17H19N5O2/c1-22-9-11(8-18-22)15(10-6-12(23)7-10)19-17(24)16-13-4-2-3-5-14(13)20-21-16/h2-5,8-10,12,15,23H,6-7H2,1H3,(H,19,24)(H,20,21)/t10?,12?,15-/m1/s1. The first kappa shape index (κ1) is 14.9. The first-order valence-corrected chi connectivity index (χ1v) is 8.02. The first-order chi connectivity index (χ1) is 11.6. The third kappa shape index (κ3) is 2.56. The van der Waals surface area contributed by atoms with Gasteiger partial charge in [-0.05, 0) is 24.8 Å². The number of aromatic nitrogens is 4. The van der Waals surface area contributed by atoms with E-state index in [-0.39, 0.29) is 24.0 Å². The summed E-state index contributed by atoms with van der Waals surface area (Å²) in [5, 5.41) is 24.7. The van der Waals surface area contributed by atoms with Gasteiger partial charge in [-0.15, -0.1) is 0 Å². The molecular weight excluding hydrogens is 306 g/mol. The van der Waals surface area contributed by atoms with Crippen molar-refractivity contribution in [3.05, 3.63) is 47.9 Å². The van der Waals surface area contributed by atoms with Gasteiger partial charge >= 0.3 is 0 Å². The zero-order chi connectivity index (χ0) is 16.7. The average Bonchev–Trinajstić information content (AvgIpc) is 3.16. The lowest BCUT2D eigenvalue weighted by atomic mass is 9.75. The van der Waals surface area contributed by atoms with E-state index in [0.717, 1.165) is 16.5 Å². The minimum absolute atomic E-state index is 0.176. The highest BCUT2D eigenvalue weighted by Gasteiger charge is 2.36. The Morgan fingerprint density at radius 2 is 2.21 bits per heavy atom. The first-order valence-electron chi connectivity index (χ1n) is 8.02. The van der Waals surface area contributed by atoms with Crippen LogP contribution in [0.25, 0.3) is 10.9 Å². The number of nitrogens with zero attached hydrogens (tertiary/aromatic N) is 3. The molecule has 24 heavy (non-hydrogen) atoms. The summed E-state index contributed by atoms with van der Waals surface area (Å²) >= 11 is 0. The number of hydrogen-bond donors (Lipinski definition) is 3. The van der Waals surface area contributed by atoms with Crippen LogP contribution in [0.15, 0.2) is 36.7 Å². The maximum absolute atomic E-state index is 12.8. The van der Waals surface area contributed by atoms with Gasteiger partial charge in [0, 0.05) is 24.2 Å². The Morgan fingerprint density at radius 1 is 1.42 bits per heavy atom. The van der Waals surface area contributed by atoms with E-state index in [1.807, 2.05) is 37.5 Å². The van der Waals surface area contributed by atoms with E-state index in [9.17, 15) is 9.90 Å². The molecule has 3 aromatic rings. The van der Waals surface area contributed by atoms with Gasteiger partial charge in [0.2, 0.25) is 0 Å². The second-order valence-electron chi connectivity index (χ2n) is 6.40. The Kier molecular flexibility index (Phi) is 3.57. The molecule has 124 valence electrons.